The van der Waals surface area contributed by atoms with Gasteiger partial charge in [-0.05, 0) is 12.8 Å². The number of thioether (sulfide) groups is 1. The fraction of sp³-hybridized carbons (Fsp3) is 0.800. The minimum atomic E-state index is -0.165. The maximum Gasteiger partial charge on any atom is 0.218 e. The monoisotopic (exact) mass is 215 g/mol. The van der Waals surface area contributed by atoms with E-state index in [4.69, 9.17) is 0 Å². The molecule has 1 fully saturated rings. The van der Waals surface area contributed by atoms with Crippen LogP contribution < -0.4 is 0 Å². The Labute approximate surface area is 89.1 Å². The number of hydrogen-bond donors (Lipinski definition) is 0. The van der Waals surface area contributed by atoms with Gasteiger partial charge in [0.2, 0.25) is 6.54 Å². The van der Waals surface area contributed by atoms with E-state index < -0.39 is 0 Å². The van der Waals surface area contributed by atoms with Gasteiger partial charge in [0.25, 0.3) is 0 Å². The Morgan fingerprint density at radius 1 is 1.43 bits per heavy atom. The summed E-state index contributed by atoms with van der Waals surface area (Å²) >= 11 is 1.71. The predicted octanol–water partition coefficient (Wildman–Crippen LogP) is 2.89. The molecule has 0 atom stereocenters. The van der Waals surface area contributed by atoms with Gasteiger partial charge in [-0.2, -0.15) is 0 Å². The molecule has 0 N–H and O–H groups in total. The maximum absolute atomic E-state index is 10.6. The van der Waals surface area contributed by atoms with Crippen molar-refractivity contribution < 1.29 is 4.92 Å². The molecule has 14 heavy (non-hydrogen) atoms. The maximum atomic E-state index is 10.6. The number of nitro groups is 1. The molecule has 0 radical (unpaired) electrons. The lowest BCUT2D eigenvalue weighted by Gasteiger charge is -2.32. The lowest BCUT2D eigenvalue weighted by molar-refractivity contribution is -0.485. The number of rotatable bonds is 5. The van der Waals surface area contributed by atoms with Crippen LogP contribution in [0, 0.1) is 10.1 Å². The van der Waals surface area contributed by atoms with Crippen LogP contribution in [0.2, 0.25) is 0 Å². The fourth-order valence-electron chi connectivity index (χ4n) is 2.02. The van der Waals surface area contributed by atoms with Crippen LogP contribution in [0.5, 0.6) is 0 Å². The van der Waals surface area contributed by atoms with Gasteiger partial charge in [0.15, 0.2) is 0 Å². The van der Waals surface area contributed by atoms with Crippen LogP contribution in [0.1, 0.15) is 32.1 Å². The zero-order valence-corrected chi connectivity index (χ0v) is 9.22. The first-order valence-corrected chi connectivity index (χ1v) is 6.04. The van der Waals surface area contributed by atoms with Crippen LogP contribution in [0.25, 0.3) is 0 Å². The second kappa shape index (κ2) is 5.39. The Kier molecular flexibility index (Phi) is 4.45. The van der Waals surface area contributed by atoms with E-state index >= 15 is 0 Å². The number of nitrogens with zero attached hydrogens (tertiary/aromatic N) is 1. The highest BCUT2D eigenvalue weighted by Gasteiger charge is 2.37. The van der Waals surface area contributed by atoms with E-state index in [0.717, 1.165) is 31.4 Å². The summed E-state index contributed by atoms with van der Waals surface area (Å²) in [6, 6.07) is 0. The SMILES string of the molecule is C=CCSC1(C[N+](=O)[O-])CCCCC1. The molecule has 0 aromatic carbocycles. The van der Waals surface area contributed by atoms with Crippen LogP contribution >= 0.6 is 11.8 Å². The minimum absolute atomic E-state index is 0.101. The second-order valence-corrected chi connectivity index (χ2v) is 5.32. The Balaban J connectivity index is 2.56. The molecule has 1 rings (SSSR count). The standard InChI is InChI=1S/C10H17NO2S/c1-2-8-14-10(9-11(12)13)6-4-3-5-7-10/h2H,1,3-9H2. The summed E-state index contributed by atoms with van der Waals surface area (Å²) in [6.45, 7) is 3.78. The summed E-state index contributed by atoms with van der Waals surface area (Å²) in [6.07, 6.45) is 7.32. The summed E-state index contributed by atoms with van der Waals surface area (Å²) in [5, 5.41) is 10.6. The Hall–Kier alpha value is -0.510. The summed E-state index contributed by atoms with van der Waals surface area (Å²) in [4.78, 5) is 10.4. The van der Waals surface area contributed by atoms with E-state index in [1.165, 1.54) is 6.42 Å². The highest BCUT2D eigenvalue weighted by atomic mass is 32.2. The van der Waals surface area contributed by atoms with Crippen molar-refractivity contribution in [3.05, 3.63) is 22.8 Å². The first-order chi connectivity index (χ1) is 6.68. The average Bonchev–Trinajstić information content (AvgIpc) is 2.15. The van der Waals surface area contributed by atoms with Gasteiger partial charge in [-0.3, -0.25) is 10.1 Å². The Bertz CT molecular complexity index is 212. The smallest absolute Gasteiger partial charge is 0.218 e. The molecule has 0 bridgehead atoms. The molecule has 4 heteroatoms. The van der Waals surface area contributed by atoms with E-state index in [2.05, 4.69) is 6.58 Å². The van der Waals surface area contributed by atoms with Crippen molar-refractivity contribution in [3.63, 3.8) is 0 Å². The lowest BCUT2D eigenvalue weighted by atomic mass is 9.88. The molecule has 1 saturated carbocycles. The molecule has 3 nitrogen and oxygen atoms in total. The summed E-state index contributed by atoms with van der Waals surface area (Å²) in [5.41, 5.74) is 0. The molecule has 0 amide bonds. The molecular weight excluding hydrogens is 198 g/mol. The molecule has 0 saturated heterocycles. The van der Waals surface area contributed by atoms with Crippen molar-refractivity contribution in [1.82, 2.24) is 0 Å². The highest BCUT2D eigenvalue weighted by Crippen LogP contribution is 2.40. The first-order valence-electron chi connectivity index (χ1n) is 5.05. The van der Waals surface area contributed by atoms with Gasteiger partial charge in [-0.15, -0.1) is 18.3 Å². The van der Waals surface area contributed by atoms with Crippen molar-refractivity contribution in [2.75, 3.05) is 12.3 Å². The Morgan fingerprint density at radius 2 is 2.07 bits per heavy atom. The third-order valence-electron chi connectivity index (χ3n) is 2.69. The normalized spacial score (nSPS) is 20.3. The van der Waals surface area contributed by atoms with Gasteiger partial charge in [0, 0.05) is 10.7 Å². The quantitative estimate of drug-likeness (QED) is 0.402. The second-order valence-electron chi connectivity index (χ2n) is 3.83. The van der Waals surface area contributed by atoms with E-state index in [0.29, 0.717) is 0 Å². The van der Waals surface area contributed by atoms with Crippen LogP contribution in [0.4, 0.5) is 0 Å². The molecule has 0 spiro atoms. The third-order valence-corrected chi connectivity index (χ3v) is 4.24. The Morgan fingerprint density at radius 3 is 2.57 bits per heavy atom. The predicted molar refractivity (Wildman–Crippen MR) is 60.3 cm³/mol. The van der Waals surface area contributed by atoms with Crippen molar-refractivity contribution in [2.24, 2.45) is 0 Å². The van der Waals surface area contributed by atoms with Gasteiger partial charge in [0.05, 0.1) is 4.75 Å². The minimum Gasteiger partial charge on any atom is -0.264 e. The van der Waals surface area contributed by atoms with Crippen molar-refractivity contribution in [3.8, 4) is 0 Å². The summed E-state index contributed by atoms with van der Waals surface area (Å²) < 4.78 is -0.101. The largest absolute Gasteiger partial charge is 0.264 e. The zero-order chi connectivity index (χ0) is 10.4. The van der Waals surface area contributed by atoms with E-state index in [9.17, 15) is 10.1 Å². The molecule has 0 aromatic rings. The molecule has 80 valence electrons. The lowest BCUT2D eigenvalue weighted by Crippen LogP contribution is -2.36. The number of hydrogen-bond acceptors (Lipinski definition) is 3. The molecule has 1 aliphatic carbocycles. The van der Waals surface area contributed by atoms with Gasteiger partial charge < -0.3 is 0 Å². The van der Waals surface area contributed by atoms with Gasteiger partial charge in [0.1, 0.15) is 0 Å². The molecule has 0 aromatic heterocycles. The summed E-state index contributed by atoms with van der Waals surface area (Å²) in [7, 11) is 0. The van der Waals surface area contributed by atoms with Crippen molar-refractivity contribution in [1.29, 1.82) is 0 Å². The van der Waals surface area contributed by atoms with Gasteiger partial charge in [-0.25, -0.2) is 0 Å². The van der Waals surface area contributed by atoms with Crippen LogP contribution in [0.3, 0.4) is 0 Å². The molecular formula is C10H17NO2S. The van der Waals surface area contributed by atoms with Crippen LogP contribution in [0.15, 0.2) is 12.7 Å². The molecule has 0 heterocycles. The molecule has 0 aliphatic heterocycles. The van der Waals surface area contributed by atoms with Gasteiger partial charge in [-0.1, -0.05) is 25.3 Å². The molecule has 0 unspecified atom stereocenters. The topological polar surface area (TPSA) is 43.1 Å². The van der Waals surface area contributed by atoms with Crippen molar-refractivity contribution >= 4 is 11.8 Å². The fourth-order valence-corrected chi connectivity index (χ4v) is 3.26. The van der Waals surface area contributed by atoms with Crippen LogP contribution in [-0.2, 0) is 0 Å². The highest BCUT2D eigenvalue weighted by molar-refractivity contribution is 8.00. The van der Waals surface area contributed by atoms with Gasteiger partial charge >= 0.3 is 0 Å². The van der Waals surface area contributed by atoms with E-state index in [1.807, 2.05) is 6.08 Å². The third kappa shape index (κ3) is 3.33. The molecule has 1 aliphatic rings. The van der Waals surface area contributed by atoms with Crippen molar-refractivity contribution in [2.45, 2.75) is 36.9 Å². The average molecular weight is 215 g/mol. The van der Waals surface area contributed by atoms with E-state index in [-0.39, 0.29) is 16.2 Å². The van der Waals surface area contributed by atoms with Crippen LogP contribution in [-0.4, -0.2) is 22.0 Å². The first kappa shape index (κ1) is 11.6. The zero-order valence-electron chi connectivity index (χ0n) is 8.41. The summed E-state index contributed by atoms with van der Waals surface area (Å²) in [5.74, 6) is 0.827. The van der Waals surface area contributed by atoms with E-state index in [1.54, 1.807) is 11.8 Å².